The molecule has 96 valence electrons. The van der Waals surface area contributed by atoms with Crippen LogP contribution in [0, 0.1) is 6.92 Å². The predicted octanol–water partition coefficient (Wildman–Crippen LogP) is 2.52. The summed E-state index contributed by atoms with van der Waals surface area (Å²) in [5.74, 6) is 1.52. The van der Waals surface area contributed by atoms with Gasteiger partial charge in [0.2, 0.25) is 0 Å². The molecule has 0 aliphatic rings. The van der Waals surface area contributed by atoms with Gasteiger partial charge in [0.25, 0.3) is 0 Å². The van der Waals surface area contributed by atoms with E-state index >= 15 is 0 Å². The predicted molar refractivity (Wildman–Crippen MR) is 72.8 cm³/mol. The minimum absolute atomic E-state index is 0.416. The highest BCUT2D eigenvalue weighted by Gasteiger charge is 2.12. The smallest absolute Gasteiger partial charge is 0.137 e. The van der Waals surface area contributed by atoms with Gasteiger partial charge in [-0.2, -0.15) is 0 Å². The van der Waals surface area contributed by atoms with E-state index in [9.17, 15) is 0 Å². The van der Waals surface area contributed by atoms with Gasteiger partial charge in [-0.25, -0.2) is 4.98 Å². The van der Waals surface area contributed by atoms with Crippen LogP contribution >= 0.6 is 11.6 Å². The molecule has 1 aromatic heterocycles. The molecule has 5 heteroatoms. The maximum absolute atomic E-state index is 6.17. The lowest BCUT2D eigenvalue weighted by molar-refractivity contribution is 0.415. The van der Waals surface area contributed by atoms with Crippen LogP contribution in [0.5, 0.6) is 5.75 Å². The lowest BCUT2D eigenvalue weighted by atomic mass is 10.1. The van der Waals surface area contributed by atoms with Crippen molar-refractivity contribution in [1.29, 1.82) is 0 Å². The van der Waals surface area contributed by atoms with Crippen molar-refractivity contribution < 1.29 is 4.74 Å². The molecular formula is C13H16ClN3O. The van der Waals surface area contributed by atoms with E-state index < -0.39 is 0 Å². The molecule has 2 N–H and O–H groups in total. The van der Waals surface area contributed by atoms with Crippen LogP contribution < -0.4 is 10.5 Å². The molecule has 1 aromatic carbocycles. The summed E-state index contributed by atoms with van der Waals surface area (Å²) in [4.78, 5) is 4.29. The first-order valence-corrected chi connectivity index (χ1v) is 6.01. The van der Waals surface area contributed by atoms with E-state index in [1.54, 1.807) is 7.11 Å². The molecule has 0 radical (unpaired) electrons. The molecule has 2 aromatic rings. The van der Waals surface area contributed by atoms with Crippen LogP contribution in [-0.2, 0) is 13.6 Å². The van der Waals surface area contributed by atoms with Crippen molar-refractivity contribution in [2.45, 2.75) is 13.5 Å². The van der Waals surface area contributed by atoms with Crippen molar-refractivity contribution in [2.75, 3.05) is 7.11 Å². The molecule has 0 atom stereocenters. The molecule has 0 spiro atoms. The van der Waals surface area contributed by atoms with Crippen molar-refractivity contribution in [3.05, 3.63) is 34.7 Å². The Morgan fingerprint density at radius 3 is 2.72 bits per heavy atom. The van der Waals surface area contributed by atoms with Crippen LogP contribution in [-0.4, -0.2) is 16.7 Å². The van der Waals surface area contributed by atoms with Crippen LogP contribution in [0.15, 0.2) is 18.3 Å². The monoisotopic (exact) mass is 265 g/mol. The summed E-state index contributed by atoms with van der Waals surface area (Å²) >= 11 is 6.17. The van der Waals surface area contributed by atoms with Crippen LogP contribution in [0.25, 0.3) is 11.3 Å². The largest absolute Gasteiger partial charge is 0.495 e. The Morgan fingerprint density at radius 1 is 1.44 bits per heavy atom. The van der Waals surface area contributed by atoms with Gasteiger partial charge in [-0.15, -0.1) is 0 Å². The lowest BCUT2D eigenvalue weighted by Crippen LogP contribution is -2.05. The second-order valence-corrected chi connectivity index (χ2v) is 4.53. The van der Waals surface area contributed by atoms with Crippen LogP contribution in [0.3, 0.4) is 0 Å². The van der Waals surface area contributed by atoms with Gasteiger partial charge in [0, 0.05) is 12.6 Å². The zero-order chi connectivity index (χ0) is 13.3. The molecule has 0 unspecified atom stereocenters. The average molecular weight is 266 g/mol. The van der Waals surface area contributed by atoms with E-state index in [1.807, 2.05) is 36.9 Å². The third-order valence-electron chi connectivity index (χ3n) is 3.04. The van der Waals surface area contributed by atoms with E-state index in [1.165, 1.54) is 0 Å². The molecule has 0 saturated carbocycles. The van der Waals surface area contributed by atoms with E-state index in [0.29, 0.717) is 17.3 Å². The number of hydrogen-bond donors (Lipinski definition) is 1. The molecular weight excluding hydrogens is 250 g/mol. The van der Waals surface area contributed by atoms with Crippen molar-refractivity contribution in [3.63, 3.8) is 0 Å². The molecule has 0 bridgehead atoms. The number of rotatable bonds is 3. The summed E-state index contributed by atoms with van der Waals surface area (Å²) in [6, 6.07) is 3.82. The fraction of sp³-hybridized carbons (Fsp3) is 0.308. The molecule has 0 fully saturated rings. The number of imidazole rings is 1. The van der Waals surface area contributed by atoms with Gasteiger partial charge in [-0.05, 0) is 24.6 Å². The zero-order valence-corrected chi connectivity index (χ0v) is 11.5. The van der Waals surface area contributed by atoms with Gasteiger partial charge in [0.15, 0.2) is 0 Å². The topological polar surface area (TPSA) is 53.1 Å². The number of ether oxygens (including phenoxy) is 1. The molecule has 0 aliphatic heterocycles. The number of halogens is 1. The zero-order valence-electron chi connectivity index (χ0n) is 10.7. The molecule has 1 heterocycles. The Hall–Kier alpha value is -1.52. The fourth-order valence-electron chi connectivity index (χ4n) is 1.98. The van der Waals surface area contributed by atoms with E-state index in [0.717, 1.165) is 22.6 Å². The Morgan fingerprint density at radius 2 is 2.17 bits per heavy atom. The molecule has 0 amide bonds. The third kappa shape index (κ3) is 2.09. The number of methoxy groups -OCH3 is 1. The molecule has 0 saturated heterocycles. The summed E-state index contributed by atoms with van der Waals surface area (Å²) < 4.78 is 7.18. The van der Waals surface area contributed by atoms with Gasteiger partial charge < -0.3 is 15.0 Å². The van der Waals surface area contributed by atoms with Gasteiger partial charge >= 0.3 is 0 Å². The summed E-state index contributed by atoms with van der Waals surface area (Å²) in [6.45, 7) is 2.43. The summed E-state index contributed by atoms with van der Waals surface area (Å²) in [6.07, 6.45) is 1.81. The van der Waals surface area contributed by atoms with Crippen molar-refractivity contribution >= 4 is 11.6 Å². The van der Waals surface area contributed by atoms with Crippen LogP contribution in [0.4, 0.5) is 0 Å². The highest BCUT2D eigenvalue weighted by Crippen LogP contribution is 2.33. The second kappa shape index (κ2) is 5.00. The molecule has 0 aliphatic carbocycles. The van der Waals surface area contributed by atoms with Crippen molar-refractivity contribution in [2.24, 2.45) is 12.8 Å². The van der Waals surface area contributed by atoms with Gasteiger partial charge in [-0.1, -0.05) is 11.6 Å². The fourth-order valence-corrected chi connectivity index (χ4v) is 2.22. The van der Waals surface area contributed by atoms with Crippen LogP contribution in [0.1, 0.15) is 11.4 Å². The number of benzene rings is 1. The Labute approximate surface area is 111 Å². The maximum atomic E-state index is 6.17. The quantitative estimate of drug-likeness (QED) is 0.928. The van der Waals surface area contributed by atoms with E-state index in [-0.39, 0.29) is 0 Å². The Balaban J connectivity index is 2.57. The van der Waals surface area contributed by atoms with Gasteiger partial charge in [0.05, 0.1) is 30.6 Å². The average Bonchev–Trinajstić information content (AvgIpc) is 2.72. The summed E-state index contributed by atoms with van der Waals surface area (Å²) in [5.41, 5.74) is 8.75. The number of nitrogens with zero attached hydrogens (tertiary/aromatic N) is 2. The number of nitrogens with two attached hydrogens (primary N) is 1. The Bertz CT molecular complexity index is 578. The first-order chi connectivity index (χ1) is 8.58. The molecule has 2 rings (SSSR count). The van der Waals surface area contributed by atoms with Crippen molar-refractivity contribution in [3.8, 4) is 17.0 Å². The first kappa shape index (κ1) is 12.9. The maximum Gasteiger partial charge on any atom is 0.137 e. The normalized spacial score (nSPS) is 10.7. The standard InChI is InChI=1S/C13H16ClN3O/c1-8-4-12(18-3)10(14)5-9(8)11-7-16-13(6-15)17(11)2/h4-5,7H,6,15H2,1-3H3. The lowest BCUT2D eigenvalue weighted by Gasteiger charge is -2.11. The third-order valence-corrected chi connectivity index (χ3v) is 3.34. The Kier molecular flexibility index (Phi) is 3.59. The summed E-state index contributed by atoms with van der Waals surface area (Å²) in [5, 5.41) is 0.591. The number of hydrogen-bond acceptors (Lipinski definition) is 3. The van der Waals surface area contributed by atoms with Crippen molar-refractivity contribution in [1.82, 2.24) is 9.55 Å². The highest BCUT2D eigenvalue weighted by atomic mass is 35.5. The summed E-state index contributed by atoms with van der Waals surface area (Å²) in [7, 11) is 3.55. The second-order valence-electron chi connectivity index (χ2n) is 4.12. The minimum Gasteiger partial charge on any atom is -0.495 e. The van der Waals surface area contributed by atoms with Gasteiger partial charge in [0.1, 0.15) is 11.6 Å². The SMILES string of the molecule is COc1cc(C)c(-c2cnc(CN)n2C)cc1Cl. The highest BCUT2D eigenvalue weighted by molar-refractivity contribution is 6.32. The molecule has 4 nitrogen and oxygen atoms in total. The minimum atomic E-state index is 0.416. The number of aryl methyl sites for hydroxylation is 1. The van der Waals surface area contributed by atoms with E-state index in [2.05, 4.69) is 4.98 Å². The first-order valence-electron chi connectivity index (χ1n) is 5.63. The molecule has 18 heavy (non-hydrogen) atoms. The van der Waals surface area contributed by atoms with E-state index in [4.69, 9.17) is 22.1 Å². The van der Waals surface area contributed by atoms with Crippen LogP contribution in [0.2, 0.25) is 5.02 Å². The number of aromatic nitrogens is 2. The van der Waals surface area contributed by atoms with Gasteiger partial charge in [-0.3, -0.25) is 0 Å².